The molecule has 0 aliphatic rings. The predicted octanol–water partition coefficient (Wildman–Crippen LogP) is 11.7. The standard InChI is InChI=1S/C43H80NO8P/c1-6-8-10-12-14-16-18-20-22-24-25-27-29-31-33-35-42(45)49-39-41(40-51-53(47,48)50-38-37-44(3,4)5)52-43(46)36-34-32-30-28-26-23-21-19-17-15-13-11-9-7-2/h13,15,19,21,29,31,41H,6-12,14,16-18,20,22-28,30,32-40H2,1-5H3/p+1/b15-13+,21-19+,31-29+/t41-/m1/s1. The predicted molar refractivity (Wildman–Crippen MR) is 220 cm³/mol. The molecule has 0 aliphatic carbocycles. The SMILES string of the molecule is CCCC/C=C/C/C=C/CCCCCCCC(=O)O[C@H](COC(=O)CC/C=C/CCCCCCCCCCCCC)COP(=O)(O)OCC[N+](C)(C)C. The van der Waals surface area contributed by atoms with Crippen LogP contribution in [-0.2, 0) is 32.7 Å². The molecule has 0 aromatic carbocycles. The average Bonchev–Trinajstić information content (AvgIpc) is 3.10. The Bertz CT molecular complexity index is 1010. The van der Waals surface area contributed by atoms with Gasteiger partial charge in [-0.25, -0.2) is 4.57 Å². The van der Waals surface area contributed by atoms with E-state index in [0.717, 1.165) is 57.8 Å². The Hall–Kier alpha value is -1.77. The first kappa shape index (κ1) is 51.2. The molecule has 0 aromatic rings. The zero-order valence-electron chi connectivity index (χ0n) is 34.7. The Balaban J connectivity index is 4.44. The molecule has 0 bridgehead atoms. The molecule has 53 heavy (non-hydrogen) atoms. The summed E-state index contributed by atoms with van der Waals surface area (Å²) in [6, 6.07) is 0. The molecule has 9 nitrogen and oxygen atoms in total. The number of unbranched alkanes of at least 4 members (excludes halogenated alkanes) is 18. The number of carbonyl (C=O) groups is 2. The lowest BCUT2D eigenvalue weighted by Gasteiger charge is -2.24. The van der Waals surface area contributed by atoms with Crippen molar-refractivity contribution in [1.29, 1.82) is 0 Å². The van der Waals surface area contributed by atoms with Crippen LogP contribution in [0.2, 0.25) is 0 Å². The van der Waals surface area contributed by atoms with E-state index in [1.165, 1.54) is 77.0 Å². The van der Waals surface area contributed by atoms with Crippen LogP contribution in [0, 0.1) is 0 Å². The molecule has 0 spiro atoms. The second-order valence-electron chi connectivity index (χ2n) is 15.4. The summed E-state index contributed by atoms with van der Waals surface area (Å²) in [5.74, 6) is -0.872. The van der Waals surface area contributed by atoms with E-state index in [4.69, 9.17) is 18.5 Å². The van der Waals surface area contributed by atoms with Crippen LogP contribution in [0.4, 0.5) is 0 Å². The summed E-state index contributed by atoms with van der Waals surface area (Å²) in [5, 5.41) is 0. The number of quaternary nitrogens is 1. The smallest absolute Gasteiger partial charge is 0.462 e. The van der Waals surface area contributed by atoms with Crippen LogP contribution >= 0.6 is 7.82 Å². The number of carbonyl (C=O) groups excluding carboxylic acids is 2. The highest BCUT2D eigenvalue weighted by Gasteiger charge is 2.27. The van der Waals surface area contributed by atoms with Crippen molar-refractivity contribution >= 4 is 19.8 Å². The van der Waals surface area contributed by atoms with E-state index in [0.29, 0.717) is 23.9 Å². The molecule has 0 saturated heterocycles. The van der Waals surface area contributed by atoms with Crippen LogP contribution in [0.3, 0.4) is 0 Å². The Labute approximate surface area is 325 Å². The zero-order valence-corrected chi connectivity index (χ0v) is 35.6. The Morgan fingerprint density at radius 1 is 0.585 bits per heavy atom. The lowest BCUT2D eigenvalue weighted by molar-refractivity contribution is -0.870. The number of rotatable bonds is 38. The molecule has 0 radical (unpaired) electrons. The maximum atomic E-state index is 12.6. The van der Waals surface area contributed by atoms with Crippen LogP contribution < -0.4 is 0 Å². The first-order chi connectivity index (χ1) is 25.5. The zero-order chi connectivity index (χ0) is 39.3. The molecule has 0 aliphatic heterocycles. The number of ether oxygens (including phenoxy) is 2. The normalized spacial score (nSPS) is 14.0. The maximum Gasteiger partial charge on any atom is 0.472 e. The molecule has 310 valence electrons. The van der Waals surface area contributed by atoms with Crippen molar-refractivity contribution in [3.05, 3.63) is 36.5 Å². The Kier molecular flexibility index (Phi) is 34.7. The minimum Gasteiger partial charge on any atom is -0.462 e. The number of phosphoric ester groups is 1. The molecule has 10 heteroatoms. The van der Waals surface area contributed by atoms with Gasteiger partial charge in [-0.15, -0.1) is 0 Å². The van der Waals surface area contributed by atoms with Gasteiger partial charge in [0.15, 0.2) is 6.10 Å². The van der Waals surface area contributed by atoms with Gasteiger partial charge >= 0.3 is 19.8 Å². The van der Waals surface area contributed by atoms with Gasteiger partial charge in [0.05, 0.1) is 27.7 Å². The lowest BCUT2D eigenvalue weighted by Crippen LogP contribution is -2.37. The molecule has 1 unspecified atom stereocenters. The van der Waals surface area contributed by atoms with Crippen molar-refractivity contribution < 1.29 is 42.1 Å². The highest BCUT2D eigenvalue weighted by molar-refractivity contribution is 7.47. The summed E-state index contributed by atoms with van der Waals surface area (Å²) in [6.07, 6.45) is 39.1. The van der Waals surface area contributed by atoms with Gasteiger partial charge in [0, 0.05) is 12.8 Å². The molecule has 2 atom stereocenters. The summed E-state index contributed by atoms with van der Waals surface area (Å²) < 4.78 is 34.2. The molecule has 0 amide bonds. The third-order valence-electron chi connectivity index (χ3n) is 8.91. The third kappa shape index (κ3) is 39.7. The number of likely N-dealkylation sites (N-methyl/N-ethyl adjacent to an activating group) is 1. The van der Waals surface area contributed by atoms with Gasteiger partial charge in [-0.2, -0.15) is 0 Å². The second kappa shape index (κ2) is 35.9. The van der Waals surface area contributed by atoms with E-state index in [9.17, 15) is 19.0 Å². The Morgan fingerprint density at radius 3 is 1.64 bits per heavy atom. The third-order valence-corrected chi connectivity index (χ3v) is 9.89. The highest BCUT2D eigenvalue weighted by atomic mass is 31.2. The number of hydrogen-bond donors (Lipinski definition) is 1. The first-order valence-electron chi connectivity index (χ1n) is 21.2. The monoisotopic (exact) mass is 771 g/mol. The molecule has 0 saturated carbocycles. The van der Waals surface area contributed by atoms with Crippen LogP contribution in [0.1, 0.15) is 174 Å². The van der Waals surface area contributed by atoms with Gasteiger partial charge in [-0.1, -0.05) is 147 Å². The number of nitrogens with zero attached hydrogens (tertiary/aromatic N) is 1. The van der Waals surface area contributed by atoms with Crippen molar-refractivity contribution in [1.82, 2.24) is 0 Å². The average molecular weight is 771 g/mol. The van der Waals surface area contributed by atoms with Crippen molar-refractivity contribution in [3.63, 3.8) is 0 Å². The van der Waals surface area contributed by atoms with E-state index in [1.54, 1.807) is 0 Å². The topological polar surface area (TPSA) is 108 Å². The lowest BCUT2D eigenvalue weighted by atomic mass is 10.1. The van der Waals surface area contributed by atoms with Crippen LogP contribution in [0.15, 0.2) is 36.5 Å². The number of phosphoric acid groups is 1. The summed E-state index contributed by atoms with van der Waals surface area (Å²) in [6.45, 7) is 4.32. The van der Waals surface area contributed by atoms with Crippen LogP contribution in [0.25, 0.3) is 0 Å². The van der Waals surface area contributed by atoms with Gasteiger partial charge in [0.25, 0.3) is 0 Å². The van der Waals surface area contributed by atoms with Crippen molar-refractivity contribution in [3.8, 4) is 0 Å². The molecular weight excluding hydrogens is 689 g/mol. The molecule has 0 heterocycles. The number of hydrogen-bond acceptors (Lipinski definition) is 7. The van der Waals surface area contributed by atoms with E-state index in [1.807, 2.05) is 27.2 Å². The van der Waals surface area contributed by atoms with Gasteiger partial charge in [-0.3, -0.25) is 18.6 Å². The first-order valence-corrected chi connectivity index (χ1v) is 22.7. The summed E-state index contributed by atoms with van der Waals surface area (Å²) in [4.78, 5) is 35.3. The summed E-state index contributed by atoms with van der Waals surface area (Å²) >= 11 is 0. The molecule has 0 rings (SSSR count). The molecule has 1 N–H and O–H groups in total. The second-order valence-corrected chi connectivity index (χ2v) is 16.8. The maximum absolute atomic E-state index is 12.6. The van der Waals surface area contributed by atoms with Crippen molar-refractivity contribution in [2.75, 3.05) is 47.5 Å². The van der Waals surface area contributed by atoms with E-state index >= 15 is 0 Å². The number of allylic oxidation sites excluding steroid dienone is 6. The fourth-order valence-corrected chi connectivity index (χ4v) is 6.26. The number of esters is 2. The highest BCUT2D eigenvalue weighted by Crippen LogP contribution is 2.43. The minimum atomic E-state index is -4.38. The van der Waals surface area contributed by atoms with E-state index in [2.05, 4.69) is 44.2 Å². The van der Waals surface area contributed by atoms with Crippen molar-refractivity contribution in [2.45, 2.75) is 180 Å². The van der Waals surface area contributed by atoms with Gasteiger partial charge in [0.1, 0.15) is 19.8 Å². The van der Waals surface area contributed by atoms with E-state index < -0.39 is 32.5 Å². The van der Waals surface area contributed by atoms with Gasteiger partial charge in [0.2, 0.25) is 0 Å². The fourth-order valence-electron chi connectivity index (χ4n) is 5.52. The van der Waals surface area contributed by atoms with Gasteiger partial charge < -0.3 is 18.9 Å². The largest absolute Gasteiger partial charge is 0.472 e. The minimum absolute atomic E-state index is 0.0241. The fraction of sp³-hybridized carbons (Fsp3) is 0.814. The van der Waals surface area contributed by atoms with Crippen molar-refractivity contribution in [2.24, 2.45) is 0 Å². The summed E-state index contributed by atoms with van der Waals surface area (Å²) in [7, 11) is 1.45. The van der Waals surface area contributed by atoms with Crippen LogP contribution in [-0.4, -0.2) is 74.9 Å². The summed E-state index contributed by atoms with van der Waals surface area (Å²) in [5.41, 5.74) is 0. The van der Waals surface area contributed by atoms with E-state index in [-0.39, 0.29) is 26.1 Å². The van der Waals surface area contributed by atoms with Gasteiger partial charge in [-0.05, 0) is 51.4 Å². The molecular formula is C43H81NO8P+. The van der Waals surface area contributed by atoms with Crippen LogP contribution in [0.5, 0.6) is 0 Å². The molecule has 0 aromatic heterocycles. The molecule has 0 fully saturated rings. The Morgan fingerprint density at radius 2 is 1.08 bits per heavy atom. The quantitative estimate of drug-likeness (QED) is 0.0217.